The number of rotatable bonds is 8. The minimum absolute atomic E-state index is 0.00527. The predicted octanol–water partition coefficient (Wildman–Crippen LogP) is 6.10. The molecule has 1 unspecified atom stereocenters. The van der Waals surface area contributed by atoms with Gasteiger partial charge >= 0.3 is 0 Å². The Morgan fingerprint density at radius 1 is 1.06 bits per heavy atom. The maximum Gasteiger partial charge on any atom is 0.295 e. The van der Waals surface area contributed by atoms with Crippen LogP contribution in [0.5, 0.6) is 5.75 Å². The molecule has 35 heavy (non-hydrogen) atoms. The Bertz CT molecular complexity index is 1250. The second kappa shape index (κ2) is 9.98. The van der Waals surface area contributed by atoms with Crippen LogP contribution in [0.4, 0.5) is 0 Å². The Kier molecular flexibility index (Phi) is 6.62. The molecule has 182 valence electrons. The number of nitrogens with one attached hydrogen (secondary N) is 1. The van der Waals surface area contributed by atoms with Crippen molar-refractivity contribution in [3.8, 4) is 5.75 Å². The average Bonchev–Trinajstić information content (AvgIpc) is 3.61. The lowest BCUT2D eigenvalue weighted by Gasteiger charge is -2.30. The van der Waals surface area contributed by atoms with Crippen molar-refractivity contribution in [2.45, 2.75) is 64.0 Å². The van der Waals surface area contributed by atoms with Crippen LogP contribution in [-0.2, 0) is 9.59 Å². The lowest BCUT2D eigenvalue weighted by Crippen LogP contribution is -2.37. The summed E-state index contributed by atoms with van der Waals surface area (Å²) in [5.41, 5.74) is 2.43. The Morgan fingerprint density at radius 2 is 1.80 bits per heavy atom. The summed E-state index contributed by atoms with van der Waals surface area (Å²) in [5, 5.41) is 12.3. The van der Waals surface area contributed by atoms with E-state index in [2.05, 4.69) is 11.9 Å². The number of para-hydroxylation sites is 1. The summed E-state index contributed by atoms with van der Waals surface area (Å²) in [6.45, 7) is 2.80. The third-order valence-electron chi connectivity index (χ3n) is 7.26. The van der Waals surface area contributed by atoms with Crippen molar-refractivity contribution in [3.63, 3.8) is 0 Å². The van der Waals surface area contributed by atoms with E-state index in [1.54, 1.807) is 29.2 Å². The van der Waals surface area contributed by atoms with Crippen molar-refractivity contribution in [1.29, 1.82) is 0 Å². The van der Waals surface area contributed by atoms with Crippen LogP contribution in [0.1, 0.15) is 69.0 Å². The number of aromatic nitrogens is 1. The smallest absolute Gasteiger partial charge is 0.295 e. The number of carbonyl (C=O) groups is 2. The number of benzene rings is 2. The number of unbranched alkanes of at least 4 members (excludes halogenated alkanes) is 2. The van der Waals surface area contributed by atoms with E-state index >= 15 is 0 Å². The van der Waals surface area contributed by atoms with Gasteiger partial charge in [-0.05, 0) is 49.6 Å². The van der Waals surface area contributed by atoms with Crippen LogP contribution in [0.3, 0.4) is 0 Å². The second-order valence-electron chi connectivity index (χ2n) is 9.51. The van der Waals surface area contributed by atoms with Crippen LogP contribution in [0, 0.1) is 0 Å². The maximum absolute atomic E-state index is 13.4. The number of amides is 1. The fraction of sp³-hybridized carbons (Fsp3) is 0.379. The molecule has 3 aromatic rings. The minimum atomic E-state index is -0.626. The lowest BCUT2D eigenvalue weighted by molar-refractivity contribution is -0.141. The molecule has 1 aromatic heterocycles. The molecular formula is C29H32N2O4. The van der Waals surface area contributed by atoms with Gasteiger partial charge in [0.2, 0.25) is 0 Å². The van der Waals surface area contributed by atoms with E-state index in [1.165, 1.54) is 0 Å². The van der Waals surface area contributed by atoms with E-state index in [-0.39, 0.29) is 17.4 Å². The number of nitrogens with zero attached hydrogens (tertiary/aromatic N) is 1. The first-order valence-corrected chi connectivity index (χ1v) is 12.7. The molecule has 6 heteroatoms. The molecule has 2 fully saturated rings. The van der Waals surface area contributed by atoms with Gasteiger partial charge in [-0.15, -0.1) is 0 Å². The van der Waals surface area contributed by atoms with Crippen molar-refractivity contribution in [1.82, 2.24) is 9.88 Å². The van der Waals surface area contributed by atoms with Gasteiger partial charge in [0.25, 0.3) is 11.7 Å². The molecule has 1 aliphatic carbocycles. The molecule has 0 radical (unpaired) electrons. The van der Waals surface area contributed by atoms with Crippen molar-refractivity contribution in [2.75, 3.05) is 6.61 Å². The number of aromatic amines is 1. The third-order valence-corrected chi connectivity index (χ3v) is 7.26. The van der Waals surface area contributed by atoms with Crippen LogP contribution in [-0.4, -0.2) is 39.3 Å². The summed E-state index contributed by atoms with van der Waals surface area (Å²) < 4.78 is 5.79. The molecule has 1 saturated carbocycles. The Morgan fingerprint density at radius 3 is 2.54 bits per heavy atom. The molecular weight excluding hydrogens is 440 g/mol. The summed E-state index contributed by atoms with van der Waals surface area (Å²) in [6, 6.07) is 14.3. The molecule has 2 N–H and O–H groups in total. The highest BCUT2D eigenvalue weighted by Crippen LogP contribution is 2.45. The number of aliphatic hydroxyl groups is 1. The zero-order valence-electron chi connectivity index (χ0n) is 20.1. The fourth-order valence-electron chi connectivity index (χ4n) is 5.44. The fourth-order valence-corrected chi connectivity index (χ4v) is 5.44. The number of carbonyl (C=O) groups excluding carboxylic acids is 2. The van der Waals surface area contributed by atoms with Gasteiger partial charge in [-0.3, -0.25) is 9.59 Å². The van der Waals surface area contributed by atoms with E-state index in [0.717, 1.165) is 67.2 Å². The molecule has 5 rings (SSSR count). The van der Waals surface area contributed by atoms with Gasteiger partial charge in [0, 0.05) is 34.3 Å². The summed E-state index contributed by atoms with van der Waals surface area (Å²) in [7, 11) is 0. The number of ether oxygens (including phenoxy) is 1. The molecule has 2 aliphatic rings. The SMILES string of the molecule is CCCCCOc1ccc(/C(O)=C2\C(=O)C(=O)N(C3CCCC3)C2c2c[nH]c3ccccc23)cc1. The highest BCUT2D eigenvalue weighted by atomic mass is 16.5. The second-order valence-corrected chi connectivity index (χ2v) is 9.51. The topological polar surface area (TPSA) is 82.6 Å². The summed E-state index contributed by atoms with van der Waals surface area (Å²) >= 11 is 0. The zero-order valence-corrected chi connectivity index (χ0v) is 20.1. The van der Waals surface area contributed by atoms with Crippen molar-refractivity contribution in [2.24, 2.45) is 0 Å². The van der Waals surface area contributed by atoms with Crippen LogP contribution < -0.4 is 4.74 Å². The number of aliphatic hydroxyl groups excluding tert-OH is 1. The first-order valence-electron chi connectivity index (χ1n) is 12.7. The normalized spacial score (nSPS) is 20.3. The largest absolute Gasteiger partial charge is 0.507 e. The van der Waals surface area contributed by atoms with E-state index in [9.17, 15) is 14.7 Å². The Balaban J connectivity index is 1.55. The standard InChI is InChI=1S/C29H32N2O4/c1-2-3-8-17-35-21-15-13-19(14-16-21)27(32)25-26(23-18-30-24-12-7-6-11-22(23)24)31(29(34)28(25)33)20-9-4-5-10-20/h6-7,11-16,18,20,26,30,32H,2-5,8-10,17H2,1H3/b27-25+. The molecule has 1 atom stereocenters. The molecule has 2 heterocycles. The van der Waals surface area contributed by atoms with Gasteiger partial charge in [-0.1, -0.05) is 50.8 Å². The Labute approximate surface area is 205 Å². The maximum atomic E-state index is 13.4. The molecule has 1 aliphatic heterocycles. The number of hydrogen-bond donors (Lipinski definition) is 2. The summed E-state index contributed by atoms with van der Waals surface area (Å²) in [6.07, 6.45) is 8.92. The van der Waals surface area contributed by atoms with Gasteiger partial charge in [0.1, 0.15) is 11.5 Å². The van der Waals surface area contributed by atoms with Crippen molar-refractivity contribution < 1.29 is 19.4 Å². The van der Waals surface area contributed by atoms with E-state index < -0.39 is 17.7 Å². The van der Waals surface area contributed by atoms with Crippen molar-refractivity contribution >= 4 is 28.4 Å². The first kappa shape index (κ1) is 23.2. The molecule has 2 aromatic carbocycles. The highest BCUT2D eigenvalue weighted by Gasteiger charge is 2.49. The Hall–Kier alpha value is -3.54. The molecule has 1 amide bonds. The van der Waals surface area contributed by atoms with Gasteiger partial charge in [-0.25, -0.2) is 0 Å². The van der Waals surface area contributed by atoms with E-state index in [0.29, 0.717) is 12.2 Å². The number of fused-ring (bicyclic) bond motifs is 1. The third kappa shape index (κ3) is 4.33. The molecule has 1 saturated heterocycles. The monoisotopic (exact) mass is 472 g/mol. The van der Waals surface area contributed by atoms with E-state index in [4.69, 9.17) is 4.74 Å². The number of Topliss-reactive ketones (excluding diaryl/α,β-unsaturated/α-hetero) is 1. The quantitative estimate of drug-likeness (QED) is 0.180. The average molecular weight is 473 g/mol. The molecule has 0 bridgehead atoms. The highest BCUT2D eigenvalue weighted by molar-refractivity contribution is 6.46. The van der Waals surface area contributed by atoms with Gasteiger partial charge in [0.05, 0.1) is 18.2 Å². The number of ketones is 1. The zero-order chi connectivity index (χ0) is 24.4. The van der Waals surface area contributed by atoms with Crippen LogP contribution in [0.15, 0.2) is 60.3 Å². The minimum Gasteiger partial charge on any atom is -0.507 e. The van der Waals surface area contributed by atoms with E-state index in [1.807, 2.05) is 30.5 Å². The van der Waals surface area contributed by atoms with Gasteiger partial charge in [-0.2, -0.15) is 0 Å². The number of H-pyrrole nitrogens is 1. The van der Waals surface area contributed by atoms with Crippen LogP contribution >= 0.6 is 0 Å². The molecule has 0 spiro atoms. The van der Waals surface area contributed by atoms with Crippen molar-refractivity contribution in [3.05, 3.63) is 71.4 Å². The lowest BCUT2D eigenvalue weighted by atomic mass is 9.94. The summed E-state index contributed by atoms with van der Waals surface area (Å²) in [4.78, 5) is 31.7. The van der Waals surface area contributed by atoms with Crippen LogP contribution in [0.2, 0.25) is 0 Å². The number of hydrogen-bond acceptors (Lipinski definition) is 4. The van der Waals surface area contributed by atoms with Gasteiger partial charge in [0.15, 0.2) is 0 Å². The number of likely N-dealkylation sites (tertiary alicyclic amines) is 1. The van der Waals surface area contributed by atoms with Crippen LogP contribution in [0.25, 0.3) is 16.7 Å². The summed E-state index contributed by atoms with van der Waals surface area (Å²) in [5.74, 6) is -0.567. The predicted molar refractivity (Wildman–Crippen MR) is 136 cm³/mol. The first-order chi connectivity index (χ1) is 17.1. The molecule has 6 nitrogen and oxygen atoms in total. The van der Waals surface area contributed by atoms with Gasteiger partial charge < -0.3 is 19.7 Å².